The Morgan fingerprint density at radius 3 is 2.51 bits per heavy atom. The van der Waals surface area contributed by atoms with Crippen molar-refractivity contribution in [1.82, 2.24) is 19.4 Å². The molecule has 2 aromatic carbocycles. The number of carbonyl (C=O) groups excluding carboxylic acids is 1. The van der Waals surface area contributed by atoms with Crippen LogP contribution in [0.5, 0.6) is 5.75 Å². The van der Waals surface area contributed by atoms with Crippen molar-refractivity contribution in [1.29, 1.82) is 5.26 Å². The van der Waals surface area contributed by atoms with Crippen molar-refractivity contribution in [2.45, 2.75) is 49.7 Å². The van der Waals surface area contributed by atoms with Gasteiger partial charge in [-0.1, -0.05) is 12.6 Å². The minimum Gasteiger partial charge on any atom is -0.488 e. The first-order valence-corrected chi connectivity index (χ1v) is 17.6. The first kappa shape index (κ1) is 34.3. The molecule has 262 valence electrons. The van der Waals surface area contributed by atoms with Gasteiger partial charge in [0.2, 0.25) is 5.91 Å². The Balaban J connectivity index is 1.53. The molecule has 3 aromatic heterocycles. The van der Waals surface area contributed by atoms with Crippen LogP contribution in [0, 0.1) is 17.1 Å². The second-order valence-electron chi connectivity index (χ2n) is 12.4. The maximum absolute atomic E-state index is 15.4. The van der Waals surface area contributed by atoms with Gasteiger partial charge in [0.1, 0.15) is 34.6 Å². The zero-order valence-corrected chi connectivity index (χ0v) is 28.8. The fourth-order valence-corrected chi connectivity index (χ4v) is 9.29. The summed E-state index contributed by atoms with van der Waals surface area (Å²) in [6, 6.07) is 7.69. The highest BCUT2D eigenvalue weighted by Gasteiger charge is 2.40. The van der Waals surface area contributed by atoms with Gasteiger partial charge < -0.3 is 20.3 Å². The zero-order chi connectivity index (χ0) is 36.4. The maximum atomic E-state index is 15.4. The van der Waals surface area contributed by atoms with Crippen LogP contribution in [-0.4, -0.2) is 62.4 Å². The van der Waals surface area contributed by atoms with Gasteiger partial charge in [-0.05, 0) is 49.8 Å². The van der Waals surface area contributed by atoms with Crippen LogP contribution >= 0.6 is 23.1 Å². The topological polar surface area (TPSA) is 130 Å². The molecule has 1 saturated heterocycles. The number of nitrogens with zero attached hydrogens (tertiary/aromatic N) is 6. The number of pyridine rings is 1. The Morgan fingerprint density at radius 2 is 1.86 bits per heavy atom. The molecule has 16 heteroatoms. The van der Waals surface area contributed by atoms with Crippen molar-refractivity contribution in [2.75, 3.05) is 29.5 Å². The van der Waals surface area contributed by atoms with E-state index >= 15 is 17.6 Å². The first-order valence-electron chi connectivity index (χ1n) is 15.8. The van der Waals surface area contributed by atoms with Crippen molar-refractivity contribution in [3.63, 3.8) is 0 Å². The Labute approximate surface area is 296 Å². The Morgan fingerprint density at radius 1 is 1.16 bits per heavy atom. The largest absolute Gasteiger partial charge is 0.488 e. The number of ether oxygens (including phenoxy) is 1. The molecule has 1 fully saturated rings. The summed E-state index contributed by atoms with van der Waals surface area (Å²) in [5.41, 5.74) is 4.04. The molecule has 2 N–H and O–H groups in total. The maximum Gasteiger partial charge on any atom is 0.417 e. The summed E-state index contributed by atoms with van der Waals surface area (Å²) in [7, 11) is 0. The van der Waals surface area contributed by atoms with E-state index in [0.717, 1.165) is 35.2 Å². The Kier molecular flexibility index (Phi) is 8.67. The predicted molar refractivity (Wildman–Crippen MR) is 188 cm³/mol. The highest BCUT2D eigenvalue weighted by Crippen LogP contribution is 2.51. The lowest BCUT2D eigenvalue weighted by Gasteiger charge is -2.44. The number of nitriles is 1. The second-order valence-corrected chi connectivity index (χ2v) is 14.5. The van der Waals surface area contributed by atoms with Gasteiger partial charge in [-0.25, -0.2) is 9.18 Å². The third kappa shape index (κ3) is 5.83. The monoisotopic (exact) mass is 735 g/mol. The Bertz CT molecular complexity index is 2330. The van der Waals surface area contributed by atoms with E-state index in [-0.39, 0.29) is 96.8 Å². The summed E-state index contributed by atoms with van der Waals surface area (Å²) in [6.45, 7) is 7.53. The van der Waals surface area contributed by atoms with Gasteiger partial charge in [-0.3, -0.25) is 14.3 Å². The second kappa shape index (κ2) is 12.9. The van der Waals surface area contributed by atoms with Crippen LogP contribution < -0.4 is 21.1 Å². The molecule has 2 aliphatic rings. The Hall–Kier alpha value is -5.14. The molecule has 0 aliphatic carbocycles. The first-order chi connectivity index (χ1) is 24.3. The summed E-state index contributed by atoms with van der Waals surface area (Å²) in [4.78, 5) is 38.6. The average Bonchev–Trinajstić information content (AvgIpc) is 3.32. The predicted octanol–water partition coefficient (Wildman–Crippen LogP) is 6.45. The molecule has 51 heavy (non-hydrogen) atoms. The molecule has 0 spiro atoms. The smallest absolute Gasteiger partial charge is 0.417 e. The van der Waals surface area contributed by atoms with Crippen LogP contribution in [0.25, 0.3) is 32.1 Å². The number of halogens is 4. The van der Waals surface area contributed by atoms with E-state index in [0.29, 0.717) is 5.75 Å². The van der Waals surface area contributed by atoms with Crippen molar-refractivity contribution >= 4 is 60.8 Å². The van der Waals surface area contributed by atoms with Crippen molar-refractivity contribution < 1.29 is 27.1 Å². The van der Waals surface area contributed by atoms with Gasteiger partial charge in [0.25, 0.3) is 0 Å². The number of alkyl halides is 3. The number of hydrogen-bond acceptors (Lipinski definition) is 10. The van der Waals surface area contributed by atoms with E-state index in [1.165, 1.54) is 29.1 Å². The number of thioether (sulfide) groups is 1. The normalized spacial score (nSPS) is 19.2. The number of fused-ring (bicyclic) bond motifs is 1. The third-order valence-electron chi connectivity index (χ3n) is 9.10. The number of nitrogens with two attached hydrogens (primary N) is 1. The van der Waals surface area contributed by atoms with Crippen LogP contribution in [0.4, 0.5) is 28.4 Å². The molecular weight excluding hydrogens is 707 g/mol. The summed E-state index contributed by atoms with van der Waals surface area (Å²) >= 11 is 1.85. The number of rotatable bonds is 5. The molecule has 1 unspecified atom stereocenters. The van der Waals surface area contributed by atoms with Gasteiger partial charge in [0.15, 0.2) is 0 Å². The highest BCUT2D eigenvalue weighted by atomic mass is 32.2. The lowest BCUT2D eigenvalue weighted by atomic mass is 9.92. The summed E-state index contributed by atoms with van der Waals surface area (Å²) < 4.78 is 68.9. The number of benzene rings is 2. The number of thiophene rings is 1. The van der Waals surface area contributed by atoms with Crippen LogP contribution in [0.2, 0.25) is 0 Å². The molecule has 0 radical (unpaired) electrons. The van der Waals surface area contributed by atoms with Crippen LogP contribution in [0.3, 0.4) is 0 Å². The van der Waals surface area contributed by atoms with Crippen LogP contribution in [0.15, 0.2) is 65.1 Å². The molecule has 2 aliphatic heterocycles. The van der Waals surface area contributed by atoms with Gasteiger partial charge >= 0.3 is 11.9 Å². The van der Waals surface area contributed by atoms with E-state index in [2.05, 4.69) is 16.5 Å². The van der Waals surface area contributed by atoms with Crippen LogP contribution in [-0.2, 0) is 17.5 Å². The van der Waals surface area contributed by atoms with Crippen molar-refractivity contribution in [3.05, 3.63) is 82.8 Å². The number of piperazine rings is 1. The standard InChI is InChI=1S/C35H29F4N7O3S2/c1-4-26(47)46-17(2)13-44(14-18(46)3)33-22-11-24(35(37,38)39)28(21-5-6-25(36)30-27(21)23(12-40)32(41)51-30)31-29(22)45(34(48)43-33)15-20(16-50-31)49-19-7-9-42-10-8-19/h4-11,17-18,20H,1,13-16,41H2,2-3H3/t17-,18+,20?. The van der Waals surface area contributed by atoms with Gasteiger partial charge in [-0.2, -0.15) is 23.4 Å². The van der Waals surface area contributed by atoms with Crippen molar-refractivity contribution in [3.8, 4) is 22.9 Å². The fourth-order valence-electron chi connectivity index (χ4n) is 7.09. The fraction of sp³-hybridized carbons (Fsp3) is 0.286. The zero-order valence-electron chi connectivity index (χ0n) is 27.2. The molecule has 0 bridgehead atoms. The number of hydrogen-bond donors (Lipinski definition) is 1. The molecular formula is C35H29F4N7O3S2. The summed E-state index contributed by atoms with van der Waals surface area (Å²) in [5, 5.41) is 10.0. The van der Waals surface area contributed by atoms with E-state index in [4.69, 9.17) is 10.5 Å². The molecule has 7 rings (SSSR count). The molecule has 1 amide bonds. The van der Waals surface area contributed by atoms with Crippen LogP contribution in [0.1, 0.15) is 25.0 Å². The highest BCUT2D eigenvalue weighted by molar-refractivity contribution is 7.99. The van der Waals surface area contributed by atoms with E-state index in [1.54, 1.807) is 21.9 Å². The van der Waals surface area contributed by atoms with Crippen molar-refractivity contribution in [2.24, 2.45) is 0 Å². The minimum atomic E-state index is -4.94. The van der Waals surface area contributed by atoms with Gasteiger partial charge in [-0.15, -0.1) is 23.1 Å². The minimum absolute atomic E-state index is 0.0294. The number of anilines is 2. The molecule has 3 atom stereocenters. The lowest BCUT2D eigenvalue weighted by Crippen LogP contribution is -2.58. The van der Waals surface area contributed by atoms with E-state index in [1.807, 2.05) is 19.9 Å². The lowest BCUT2D eigenvalue weighted by molar-refractivity contribution is -0.137. The number of amides is 1. The number of carbonyl (C=O) groups is 1. The molecule has 5 aromatic rings. The number of aromatic nitrogens is 3. The summed E-state index contributed by atoms with van der Waals surface area (Å²) in [6.07, 6.45) is -1.35. The number of nitrogen functional groups attached to an aromatic ring is 1. The van der Waals surface area contributed by atoms with Gasteiger partial charge in [0.05, 0.1) is 27.9 Å². The SMILES string of the molecule is C=CC(=O)N1[C@H](C)CN(c2nc(=O)n3c4c(c(-c5ccc(F)c6sc(N)c(C#N)c56)c(C(F)(F)F)cc24)SCC(Oc2ccncc2)C3)C[C@@H]1C. The van der Waals surface area contributed by atoms with Gasteiger partial charge in [0, 0.05) is 64.6 Å². The van der Waals surface area contributed by atoms with E-state index < -0.39 is 29.4 Å². The average molecular weight is 736 g/mol. The molecule has 5 heterocycles. The molecule has 10 nitrogen and oxygen atoms in total. The third-order valence-corrected chi connectivity index (χ3v) is 11.4. The quantitative estimate of drug-likeness (QED) is 0.160. The van der Waals surface area contributed by atoms with E-state index in [9.17, 15) is 14.9 Å². The molecule has 0 saturated carbocycles. The summed E-state index contributed by atoms with van der Waals surface area (Å²) in [5.74, 6) is -0.390.